The first kappa shape index (κ1) is 22.4. The molecule has 0 aliphatic carbocycles. The standard InChI is InChI=1S/C16H18N6O7S2/c1-21(2)16(27)29-3-6-4-30-13-9(12(24)22(13)10(6)14(25)26)19-11(23)8(20-28)7-5-31-15(17)18-7/h5,9,13,28H,3-4H2,1-2H3,(H2,17,18)(H,19,23)(H,25,26)/t9?,13-/m1/s1. The Morgan fingerprint density at radius 1 is 1.45 bits per heavy atom. The fraction of sp³-hybridized carbons (Fsp3) is 0.375. The van der Waals surface area contributed by atoms with Gasteiger partial charge in [0.2, 0.25) is 0 Å². The van der Waals surface area contributed by atoms with Crippen LogP contribution in [0, 0.1) is 0 Å². The fourth-order valence-electron chi connectivity index (χ4n) is 2.89. The molecule has 13 nitrogen and oxygen atoms in total. The van der Waals surface area contributed by atoms with Gasteiger partial charge < -0.3 is 31.0 Å². The molecule has 0 aromatic carbocycles. The average molecular weight is 470 g/mol. The summed E-state index contributed by atoms with van der Waals surface area (Å²) in [5, 5.41) is 25.0. The number of ether oxygens (including phenoxy) is 1. The molecule has 2 atom stereocenters. The van der Waals surface area contributed by atoms with Crippen molar-refractivity contribution >= 4 is 57.8 Å². The predicted molar refractivity (Wildman–Crippen MR) is 110 cm³/mol. The summed E-state index contributed by atoms with van der Waals surface area (Å²) >= 11 is 2.24. The van der Waals surface area contributed by atoms with Gasteiger partial charge in [-0.25, -0.2) is 14.6 Å². The van der Waals surface area contributed by atoms with Gasteiger partial charge in [0.15, 0.2) is 10.8 Å². The van der Waals surface area contributed by atoms with Gasteiger partial charge in [-0.1, -0.05) is 5.16 Å². The molecule has 3 rings (SSSR count). The number of thioether (sulfide) groups is 1. The number of carboxylic acid groups (broad SMARTS) is 1. The van der Waals surface area contributed by atoms with Gasteiger partial charge in [0.1, 0.15) is 29.4 Å². The topological polar surface area (TPSA) is 188 Å². The summed E-state index contributed by atoms with van der Waals surface area (Å²) in [7, 11) is 2.97. The molecular weight excluding hydrogens is 452 g/mol. The van der Waals surface area contributed by atoms with E-state index in [4.69, 9.17) is 10.5 Å². The number of hydrogen-bond donors (Lipinski definition) is 4. The minimum absolute atomic E-state index is 0.0403. The van der Waals surface area contributed by atoms with E-state index in [1.807, 2.05) is 0 Å². The Morgan fingerprint density at radius 2 is 2.16 bits per heavy atom. The number of oxime groups is 1. The highest BCUT2D eigenvalue weighted by molar-refractivity contribution is 8.00. The number of aromatic nitrogens is 1. The van der Waals surface area contributed by atoms with Gasteiger partial charge >= 0.3 is 12.1 Å². The smallest absolute Gasteiger partial charge is 0.409 e. The molecule has 2 aliphatic heterocycles. The second-order valence-corrected chi connectivity index (χ2v) is 8.58. The lowest BCUT2D eigenvalue weighted by Crippen LogP contribution is -2.71. The summed E-state index contributed by atoms with van der Waals surface area (Å²) in [5.41, 5.74) is 5.11. The molecule has 166 valence electrons. The van der Waals surface area contributed by atoms with Gasteiger partial charge in [0.05, 0.1) is 0 Å². The number of nitrogens with zero attached hydrogens (tertiary/aromatic N) is 4. The normalized spacial score (nSPS) is 20.6. The molecule has 3 heterocycles. The van der Waals surface area contributed by atoms with Gasteiger partial charge in [-0.05, 0) is 0 Å². The zero-order valence-electron chi connectivity index (χ0n) is 16.3. The van der Waals surface area contributed by atoms with Crippen molar-refractivity contribution in [2.24, 2.45) is 5.16 Å². The van der Waals surface area contributed by atoms with E-state index >= 15 is 0 Å². The van der Waals surface area contributed by atoms with Crippen LogP contribution in [0.15, 0.2) is 21.8 Å². The number of nitrogen functional groups attached to an aromatic ring is 1. The molecule has 0 bridgehead atoms. The highest BCUT2D eigenvalue weighted by Gasteiger charge is 2.54. The van der Waals surface area contributed by atoms with E-state index in [-0.39, 0.29) is 34.5 Å². The van der Waals surface area contributed by atoms with Crippen molar-refractivity contribution in [1.29, 1.82) is 0 Å². The molecule has 1 saturated heterocycles. The van der Waals surface area contributed by atoms with E-state index in [1.54, 1.807) is 0 Å². The van der Waals surface area contributed by atoms with E-state index in [0.717, 1.165) is 16.2 Å². The first-order chi connectivity index (χ1) is 14.6. The monoisotopic (exact) mass is 470 g/mol. The predicted octanol–water partition coefficient (Wildman–Crippen LogP) is -0.660. The van der Waals surface area contributed by atoms with Crippen molar-refractivity contribution in [3.63, 3.8) is 0 Å². The number of rotatable bonds is 6. The SMILES string of the molecule is CN(C)C(=O)OCC1=C(C(=O)O)N2C(=O)C(NC(=O)C(=NO)c3csc(N)n3)[C@H]2SC1. The Hall–Kier alpha value is -3.33. The maximum Gasteiger partial charge on any atom is 0.409 e. The molecule has 1 aromatic heterocycles. The lowest BCUT2D eigenvalue weighted by atomic mass is 10.0. The summed E-state index contributed by atoms with van der Waals surface area (Å²) in [6.45, 7) is -0.286. The third-order valence-electron chi connectivity index (χ3n) is 4.35. The third-order valence-corrected chi connectivity index (χ3v) is 6.36. The molecule has 31 heavy (non-hydrogen) atoms. The number of carbonyl (C=O) groups is 4. The van der Waals surface area contributed by atoms with Crippen molar-refractivity contribution in [1.82, 2.24) is 20.1 Å². The minimum atomic E-state index is -1.35. The Balaban J connectivity index is 1.74. The summed E-state index contributed by atoms with van der Waals surface area (Å²) in [4.78, 5) is 54.6. The van der Waals surface area contributed by atoms with Crippen molar-refractivity contribution in [2.75, 3.05) is 32.2 Å². The molecular formula is C16H18N6O7S2. The lowest BCUT2D eigenvalue weighted by molar-refractivity contribution is -0.150. The molecule has 5 N–H and O–H groups in total. The van der Waals surface area contributed by atoms with Crippen LogP contribution in [-0.2, 0) is 19.1 Å². The summed E-state index contributed by atoms with van der Waals surface area (Å²) in [5.74, 6) is -2.70. The molecule has 0 radical (unpaired) electrons. The molecule has 0 spiro atoms. The van der Waals surface area contributed by atoms with Crippen LogP contribution in [-0.4, -0.2) is 92.6 Å². The Morgan fingerprint density at radius 3 is 2.71 bits per heavy atom. The maximum atomic E-state index is 12.6. The van der Waals surface area contributed by atoms with E-state index in [1.165, 1.54) is 36.1 Å². The largest absolute Gasteiger partial charge is 0.477 e. The number of thiazole rings is 1. The number of fused-ring (bicyclic) bond motifs is 1. The van der Waals surface area contributed by atoms with Crippen LogP contribution in [0.5, 0.6) is 0 Å². The second kappa shape index (κ2) is 8.81. The van der Waals surface area contributed by atoms with Crippen molar-refractivity contribution < 1.29 is 34.2 Å². The second-order valence-electron chi connectivity index (χ2n) is 6.59. The number of carbonyl (C=O) groups excluding carboxylic acids is 3. The van der Waals surface area contributed by atoms with Gasteiger partial charge in [-0.2, -0.15) is 0 Å². The van der Waals surface area contributed by atoms with E-state index < -0.39 is 41.0 Å². The average Bonchev–Trinajstić information content (AvgIpc) is 3.15. The van der Waals surface area contributed by atoms with Crippen LogP contribution in [0.4, 0.5) is 9.93 Å². The lowest BCUT2D eigenvalue weighted by Gasteiger charge is -2.49. The number of anilines is 1. The zero-order chi connectivity index (χ0) is 22.9. The number of carboxylic acids is 1. The molecule has 2 aliphatic rings. The molecule has 1 aromatic rings. The van der Waals surface area contributed by atoms with Gasteiger partial charge in [0.25, 0.3) is 11.8 Å². The van der Waals surface area contributed by atoms with Crippen LogP contribution in [0.1, 0.15) is 5.69 Å². The van der Waals surface area contributed by atoms with Crippen LogP contribution < -0.4 is 11.1 Å². The highest BCUT2D eigenvalue weighted by atomic mass is 32.2. The Kier molecular flexibility index (Phi) is 6.35. The van der Waals surface area contributed by atoms with E-state index in [0.29, 0.717) is 0 Å². The van der Waals surface area contributed by atoms with E-state index in [9.17, 15) is 29.5 Å². The van der Waals surface area contributed by atoms with Crippen LogP contribution in [0.25, 0.3) is 0 Å². The number of amides is 3. The van der Waals surface area contributed by atoms with E-state index in [2.05, 4.69) is 15.5 Å². The molecule has 3 amide bonds. The molecule has 0 saturated carbocycles. The number of nitrogens with one attached hydrogen (secondary N) is 1. The summed E-state index contributed by atoms with van der Waals surface area (Å²) in [6.07, 6.45) is -0.650. The molecule has 1 unspecified atom stereocenters. The van der Waals surface area contributed by atoms with Crippen molar-refractivity contribution in [3.05, 3.63) is 22.3 Å². The van der Waals surface area contributed by atoms with Crippen molar-refractivity contribution in [2.45, 2.75) is 11.4 Å². The Labute approximate surface area is 183 Å². The summed E-state index contributed by atoms with van der Waals surface area (Å²) in [6, 6.07) is -1.04. The van der Waals surface area contributed by atoms with Gasteiger partial charge in [-0.15, -0.1) is 23.1 Å². The number of nitrogens with two attached hydrogens (primary N) is 1. The van der Waals surface area contributed by atoms with Crippen LogP contribution in [0.2, 0.25) is 0 Å². The highest BCUT2D eigenvalue weighted by Crippen LogP contribution is 2.40. The van der Waals surface area contributed by atoms with Crippen LogP contribution >= 0.6 is 23.1 Å². The zero-order valence-corrected chi connectivity index (χ0v) is 17.9. The van der Waals surface area contributed by atoms with Crippen LogP contribution in [0.3, 0.4) is 0 Å². The first-order valence-corrected chi connectivity index (χ1v) is 10.6. The minimum Gasteiger partial charge on any atom is -0.477 e. The molecule has 1 fully saturated rings. The summed E-state index contributed by atoms with van der Waals surface area (Å²) < 4.78 is 5.04. The number of hydrogen-bond acceptors (Lipinski definition) is 11. The maximum absolute atomic E-state index is 12.6. The third kappa shape index (κ3) is 4.27. The fourth-order valence-corrected chi connectivity index (χ4v) is 4.77. The number of β-lactam (4-membered cyclic amide) rings is 1. The molecule has 15 heteroatoms. The Bertz CT molecular complexity index is 1000. The first-order valence-electron chi connectivity index (χ1n) is 8.64. The quantitative estimate of drug-likeness (QED) is 0.180. The van der Waals surface area contributed by atoms with Crippen molar-refractivity contribution in [3.8, 4) is 0 Å². The van der Waals surface area contributed by atoms with Gasteiger partial charge in [-0.3, -0.25) is 14.5 Å². The van der Waals surface area contributed by atoms with Gasteiger partial charge in [0, 0.05) is 30.8 Å². The number of aliphatic carboxylic acids is 1.